The highest BCUT2D eigenvalue weighted by Gasteiger charge is 1.94. The van der Waals surface area contributed by atoms with Gasteiger partial charge in [-0.25, -0.2) is 0 Å². The van der Waals surface area contributed by atoms with Gasteiger partial charge in [-0.3, -0.25) is 9.83 Å². The van der Waals surface area contributed by atoms with Gasteiger partial charge in [-0.15, -0.1) is 0 Å². The first-order chi connectivity index (χ1) is 5.85. The van der Waals surface area contributed by atoms with E-state index in [1.807, 2.05) is 0 Å². The predicted molar refractivity (Wildman–Crippen MR) is 55.7 cm³/mol. The number of aliphatic imine (C=N–C) groups is 1. The van der Waals surface area contributed by atoms with Gasteiger partial charge >= 0.3 is 0 Å². The summed E-state index contributed by atoms with van der Waals surface area (Å²) in [6, 6.07) is 0. The van der Waals surface area contributed by atoms with Gasteiger partial charge in [0, 0.05) is 24.7 Å². The van der Waals surface area contributed by atoms with Gasteiger partial charge in [-0.1, -0.05) is 26.7 Å². The summed E-state index contributed by atoms with van der Waals surface area (Å²) in [4.78, 5) is 6.96. The molecule has 0 aliphatic heterocycles. The zero-order valence-corrected chi connectivity index (χ0v) is 8.82. The van der Waals surface area contributed by atoms with Crippen LogP contribution < -0.4 is 4.84 Å². The zero-order valence-electron chi connectivity index (χ0n) is 8.07. The van der Waals surface area contributed by atoms with Gasteiger partial charge in [0.1, 0.15) is 5.84 Å². The molecule has 0 heterocycles. The van der Waals surface area contributed by atoms with E-state index in [9.17, 15) is 0 Å². The van der Waals surface area contributed by atoms with Gasteiger partial charge < -0.3 is 0 Å². The molecule has 0 aromatic carbocycles. The Morgan fingerprint density at radius 3 is 2.42 bits per heavy atom. The summed E-state index contributed by atoms with van der Waals surface area (Å²) in [7, 11) is 0. The van der Waals surface area contributed by atoms with Gasteiger partial charge in [0.05, 0.1) is 0 Å². The van der Waals surface area contributed by atoms with Crippen LogP contribution in [0.25, 0.3) is 0 Å². The molecule has 0 saturated carbocycles. The summed E-state index contributed by atoms with van der Waals surface area (Å²) < 4.78 is 0. The molecule has 12 heavy (non-hydrogen) atoms. The minimum Gasteiger partial charge on any atom is -0.286 e. The largest absolute Gasteiger partial charge is 0.286 e. The second-order valence-corrected chi connectivity index (χ2v) is 3.07. The highest BCUT2D eigenvalue weighted by Crippen LogP contribution is 1.97. The van der Waals surface area contributed by atoms with Crippen molar-refractivity contribution in [3.05, 3.63) is 0 Å². The van der Waals surface area contributed by atoms with Crippen LogP contribution in [0.1, 0.15) is 46.0 Å². The van der Waals surface area contributed by atoms with E-state index in [-0.39, 0.29) is 0 Å². The third-order valence-corrected chi connectivity index (χ3v) is 1.91. The minimum atomic E-state index is 0.898. The van der Waals surface area contributed by atoms with Gasteiger partial charge in [0.2, 0.25) is 0 Å². The van der Waals surface area contributed by atoms with E-state index < -0.39 is 0 Å². The molecule has 0 bridgehead atoms. The topological polar surface area (TPSA) is 24.4 Å². The molecule has 0 aliphatic rings. The molecule has 3 heteroatoms. The van der Waals surface area contributed by atoms with E-state index in [0.717, 1.165) is 31.6 Å². The van der Waals surface area contributed by atoms with Crippen molar-refractivity contribution >= 4 is 17.6 Å². The summed E-state index contributed by atoms with van der Waals surface area (Å²) in [5, 5.41) is 0. The van der Waals surface area contributed by atoms with Crippen LogP contribution in [0.15, 0.2) is 4.99 Å². The Kier molecular flexibility index (Phi) is 8.68. The molecule has 0 aliphatic carbocycles. The van der Waals surface area contributed by atoms with Crippen LogP contribution >= 0.6 is 11.8 Å². The lowest BCUT2D eigenvalue weighted by atomic mass is 10.2. The molecule has 0 unspecified atom stereocenters. The Hall–Kier alpha value is -0.240. The van der Waals surface area contributed by atoms with Crippen LogP contribution in [-0.2, 0) is 0 Å². The summed E-state index contributed by atoms with van der Waals surface area (Å²) in [5.41, 5.74) is 0. The maximum atomic E-state index is 5.50. The molecule has 0 aromatic heterocycles. The molecule has 0 amide bonds. The van der Waals surface area contributed by atoms with Crippen molar-refractivity contribution in [3.63, 3.8) is 0 Å². The Labute approximate surface area is 80.5 Å². The molecule has 0 fully saturated rings. The van der Waals surface area contributed by atoms with Gasteiger partial charge in [-0.2, -0.15) is 0 Å². The molecular formula is C9H19ClN2. The number of halogens is 1. The molecule has 0 radical (unpaired) electrons. The third-order valence-electron chi connectivity index (χ3n) is 1.69. The van der Waals surface area contributed by atoms with E-state index in [0.29, 0.717) is 0 Å². The summed E-state index contributed by atoms with van der Waals surface area (Å²) in [6.45, 7) is 5.22. The maximum Gasteiger partial charge on any atom is 0.111 e. The predicted octanol–water partition coefficient (Wildman–Crippen LogP) is 3.12. The van der Waals surface area contributed by atoms with Crippen LogP contribution in [0.5, 0.6) is 0 Å². The fraction of sp³-hybridized carbons (Fsp3) is 0.889. The van der Waals surface area contributed by atoms with Crippen LogP contribution in [0.4, 0.5) is 0 Å². The first-order valence-electron chi connectivity index (χ1n) is 4.75. The summed E-state index contributed by atoms with van der Waals surface area (Å²) in [5.74, 6) is 0.937. The average Bonchev–Trinajstić information content (AvgIpc) is 2.11. The van der Waals surface area contributed by atoms with E-state index in [1.54, 1.807) is 0 Å². The molecule has 72 valence electrons. The van der Waals surface area contributed by atoms with Crippen molar-refractivity contribution in [3.8, 4) is 0 Å². The lowest BCUT2D eigenvalue weighted by Crippen LogP contribution is -2.13. The first-order valence-corrected chi connectivity index (χ1v) is 5.12. The van der Waals surface area contributed by atoms with E-state index >= 15 is 0 Å². The number of hydrogen-bond donors (Lipinski definition) is 1. The summed E-state index contributed by atoms with van der Waals surface area (Å²) >= 11 is 5.50. The van der Waals surface area contributed by atoms with Crippen molar-refractivity contribution in [2.75, 3.05) is 6.54 Å². The molecular weight excluding hydrogens is 172 g/mol. The number of nitrogens with one attached hydrogen (secondary N) is 1. The van der Waals surface area contributed by atoms with Gasteiger partial charge in [0.25, 0.3) is 0 Å². The molecule has 0 atom stereocenters. The van der Waals surface area contributed by atoms with E-state index in [2.05, 4.69) is 23.7 Å². The van der Waals surface area contributed by atoms with Gasteiger partial charge in [0.15, 0.2) is 0 Å². The Morgan fingerprint density at radius 2 is 1.92 bits per heavy atom. The van der Waals surface area contributed by atoms with Crippen molar-refractivity contribution in [1.82, 2.24) is 4.84 Å². The lowest BCUT2D eigenvalue weighted by molar-refractivity contribution is 0.787. The van der Waals surface area contributed by atoms with Gasteiger partial charge in [-0.05, 0) is 12.8 Å². The zero-order chi connectivity index (χ0) is 9.23. The average molecular weight is 191 g/mol. The van der Waals surface area contributed by atoms with E-state index in [1.165, 1.54) is 12.8 Å². The smallest absolute Gasteiger partial charge is 0.111 e. The molecule has 0 rings (SSSR count). The number of rotatable bonds is 6. The quantitative estimate of drug-likeness (QED) is 0.296. The SMILES string of the molecule is CCCCN=C(CCCC)NCl. The molecule has 0 spiro atoms. The van der Waals surface area contributed by atoms with Crippen molar-refractivity contribution in [2.24, 2.45) is 4.99 Å². The monoisotopic (exact) mass is 190 g/mol. The lowest BCUT2D eigenvalue weighted by Gasteiger charge is -2.02. The molecule has 1 N–H and O–H groups in total. The highest BCUT2D eigenvalue weighted by atomic mass is 35.5. The van der Waals surface area contributed by atoms with Crippen LogP contribution in [-0.4, -0.2) is 12.4 Å². The fourth-order valence-corrected chi connectivity index (χ4v) is 1.03. The minimum absolute atomic E-state index is 0.898. The van der Waals surface area contributed by atoms with Crippen molar-refractivity contribution in [1.29, 1.82) is 0 Å². The molecule has 0 saturated heterocycles. The Morgan fingerprint density at radius 1 is 1.25 bits per heavy atom. The van der Waals surface area contributed by atoms with Crippen LogP contribution in [0.2, 0.25) is 0 Å². The number of amidine groups is 1. The standard InChI is InChI=1S/C9H19ClN2/c1-3-5-7-9(12-10)11-8-6-4-2/h3-8H2,1-2H3,(H,11,12). The van der Waals surface area contributed by atoms with Crippen LogP contribution in [0, 0.1) is 0 Å². The molecule has 2 nitrogen and oxygen atoms in total. The second-order valence-electron chi connectivity index (χ2n) is 2.88. The Balaban J connectivity index is 3.55. The van der Waals surface area contributed by atoms with E-state index in [4.69, 9.17) is 11.8 Å². The Bertz CT molecular complexity index is 124. The first kappa shape index (κ1) is 11.8. The third kappa shape index (κ3) is 6.47. The maximum absolute atomic E-state index is 5.50. The highest BCUT2D eigenvalue weighted by molar-refractivity contribution is 6.22. The molecule has 0 aromatic rings. The van der Waals surface area contributed by atoms with Crippen molar-refractivity contribution in [2.45, 2.75) is 46.0 Å². The number of unbranched alkanes of at least 4 members (excludes halogenated alkanes) is 2. The van der Waals surface area contributed by atoms with Crippen LogP contribution in [0.3, 0.4) is 0 Å². The second kappa shape index (κ2) is 8.85. The van der Waals surface area contributed by atoms with Crippen molar-refractivity contribution < 1.29 is 0 Å². The fourth-order valence-electron chi connectivity index (χ4n) is 0.873. The number of nitrogens with zero attached hydrogens (tertiary/aromatic N) is 1. The number of hydrogen-bond acceptors (Lipinski definition) is 1. The summed E-state index contributed by atoms with van der Waals surface area (Å²) in [6.07, 6.45) is 5.65. The normalized spacial score (nSPS) is 11.8.